The molecule has 0 fully saturated rings. The summed E-state index contributed by atoms with van der Waals surface area (Å²) in [5, 5.41) is 9.44. The molecule has 1 aromatic carbocycles. The number of rotatable bonds is 0. The molecule has 2 aromatic rings. The van der Waals surface area contributed by atoms with Crippen molar-refractivity contribution in [1.82, 2.24) is 9.55 Å². The summed E-state index contributed by atoms with van der Waals surface area (Å²) in [5.74, 6) is 0.939. The summed E-state index contributed by atoms with van der Waals surface area (Å²) in [6.07, 6.45) is 2.77. The van der Waals surface area contributed by atoms with Crippen LogP contribution in [0.3, 0.4) is 0 Å². The van der Waals surface area contributed by atoms with Crippen LogP contribution in [0.4, 0.5) is 0 Å². The molecule has 0 saturated carbocycles. The van der Waals surface area contributed by atoms with Crippen LogP contribution in [0.25, 0.3) is 11.0 Å². The minimum Gasteiger partial charge on any atom is -0.508 e. The van der Waals surface area contributed by atoms with Crippen molar-refractivity contribution in [2.75, 3.05) is 6.61 Å². The molecule has 1 aliphatic rings. The zero-order valence-corrected chi connectivity index (χ0v) is 7.60. The summed E-state index contributed by atoms with van der Waals surface area (Å²) in [6, 6.07) is 3.30. The van der Waals surface area contributed by atoms with Gasteiger partial charge < -0.3 is 14.4 Å². The second-order valence-corrected chi connectivity index (χ2v) is 3.45. The lowest BCUT2D eigenvalue weighted by Crippen LogP contribution is -1.97. The van der Waals surface area contributed by atoms with Gasteiger partial charge in [0.05, 0.1) is 18.5 Å². The highest BCUT2D eigenvalue weighted by Crippen LogP contribution is 2.31. The molecule has 0 unspecified atom stereocenters. The Morgan fingerprint density at radius 2 is 2.36 bits per heavy atom. The number of aromatic hydroxyl groups is 1. The van der Waals surface area contributed by atoms with Crippen molar-refractivity contribution < 1.29 is 9.84 Å². The number of aromatic nitrogens is 2. The quantitative estimate of drug-likeness (QED) is 0.685. The van der Waals surface area contributed by atoms with Crippen molar-refractivity contribution in [3.05, 3.63) is 18.5 Å². The first-order chi connectivity index (χ1) is 6.84. The topological polar surface area (TPSA) is 47.3 Å². The van der Waals surface area contributed by atoms with Crippen molar-refractivity contribution >= 4 is 11.0 Å². The van der Waals surface area contributed by atoms with E-state index >= 15 is 0 Å². The van der Waals surface area contributed by atoms with Crippen molar-refractivity contribution in [1.29, 1.82) is 0 Å². The maximum Gasteiger partial charge on any atom is 0.148 e. The van der Waals surface area contributed by atoms with Gasteiger partial charge in [-0.05, 0) is 6.42 Å². The number of benzene rings is 1. The summed E-state index contributed by atoms with van der Waals surface area (Å²) in [5.41, 5.74) is 1.78. The van der Waals surface area contributed by atoms with Crippen LogP contribution in [0.1, 0.15) is 6.42 Å². The van der Waals surface area contributed by atoms with E-state index in [1.807, 2.05) is 0 Å². The standard InChI is InChI=1S/C10H10N2O2/c13-7-4-8-10-9(5-7)14-3-1-2-12(10)6-11-8/h4-6,13H,1-3H2. The molecule has 4 nitrogen and oxygen atoms in total. The monoisotopic (exact) mass is 190 g/mol. The van der Waals surface area contributed by atoms with E-state index < -0.39 is 0 Å². The van der Waals surface area contributed by atoms with Crippen molar-refractivity contribution in [3.63, 3.8) is 0 Å². The summed E-state index contributed by atoms with van der Waals surface area (Å²) < 4.78 is 7.61. The van der Waals surface area contributed by atoms with Gasteiger partial charge in [0.25, 0.3) is 0 Å². The van der Waals surface area contributed by atoms with Crippen LogP contribution in [0, 0.1) is 0 Å². The molecule has 2 heterocycles. The average Bonchev–Trinajstić information content (AvgIpc) is 2.43. The fourth-order valence-electron chi connectivity index (χ4n) is 1.85. The smallest absolute Gasteiger partial charge is 0.148 e. The van der Waals surface area contributed by atoms with Crippen molar-refractivity contribution in [3.8, 4) is 11.5 Å². The molecular weight excluding hydrogens is 180 g/mol. The number of phenols is 1. The number of hydrogen-bond donors (Lipinski definition) is 1. The Morgan fingerprint density at radius 3 is 3.29 bits per heavy atom. The molecule has 0 saturated heterocycles. The van der Waals surface area contributed by atoms with Crippen LogP contribution in [-0.2, 0) is 6.54 Å². The normalized spacial score (nSPS) is 15.1. The van der Waals surface area contributed by atoms with Gasteiger partial charge in [-0.2, -0.15) is 0 Å². The molecule has 14 heavy (non-hydrogen) atoms. The average molecular weight is 190 g/mol. The van der Waals surface area contributed by atoms with Gasteiger partial charge in [0.15, 0.2) is 0 Å². The first-order valence-electron chi connectivity index (χ1n) is 4.65. The first kappa shape index (κ1) is 7.67. The van der Waals surface area contributed by atoms with Gasteiger partial charge in [0.2, 0.25) is 0 Å². The van der Waals surface area contributed by atoms with Crippen LogP contribution in [-0.4, -0.2) is 21.3 Å². The largest absolute Gasteiger partial charge is 0.508 e. The molecule has 3 rings (SSSR count). The highest BCUT2D eigenvalue weighted by molar-refractivity contribution is 5.83. The Morgan fingerprint density at radius 1 is 1.43 bits per heavy atom. The predicted molar refractivity (Wildman–Crippen MR) is 51.5 cm³/mol. The lowest BCUT2D eigenvalue weighted by molar-refractivity contribution is 0.314. The summed E-state index contributed by atoms with van der Waals surface area (Å²) >= 11 is 0. The maximum absolute atomic E-state index is 9.44. The number of phenolic OH excluding ortho intramolecular Hbond substituents is 1. The first-order valence-corrected chi connectivity index (χ1v) is 4.65. The third-order valence-corrected chi connectivity index (χ3v) is 2.46. The Hall–Kier alpha value is -1.71. The Labute approximate surface area is 80.7 Å². The van der Waals surface area contributed by atoms with Gasteiger partial charge in [0, 0.05) is 18.7 Å². The van der Waals surface area contributed by atoms with Gasteiger partial charge in [-0.3, -0.25) is 0 Å². The molecule has 0 aliphatic carbocycles. The fourth-order valence-corrected chi connectivity index (χ4v) is 1.85. The highest BCUT2D eigenvalue weighted by atomic mass is 16.5. The van der Waals surface area contributed by atoms with Gasteiger partial charge >= 0.3 is 0 Å². The van der Waals surface area contributed by atoms with E-state index in [0.717, 1.165) is 29.7 Å². The van der Waals surface area contributed by atoms with Gasteiger partial charge in [0.1, 0.15) is 17.0 Å². The van der Waals surface area contributed by atoms with Crippen LogP contribution in [0.5, 0.6) is 11.5 Å². The third-order valence-electron chi connectivity index (χ3n) is 2.46. The second kappa shape index (κ2) is 2.64. The molecule has 1 aromatic heterocycles. The van der Waals surface area contributed by atoms with E-state index in [1.54, 1.807) is 18.5 Å². The Balaban J connectivity index is 2.39. The zero-order chi connectivity index (χ0) is 9.54. The maximum atomic E-state index is 9.44. The molecule has 1 N–H and O–H groups in total. The molecule has 0 radical (unpaired) electrons. The van der Waals surface area contributed by atoms with Crippen molar-refractivity contribution in [2.45, 2.75) is 13.0 Å². The van der Waals surface area contributed by atoms with E-state index in [9.17, 15) is 5.11 Å². The number of imidazole rings is 1. The second-order valence-electron chi connectivity index (χ2n) is 3.45. The van der Waals surface area contributed by atoms with E-state index in [2.05, 4.69) is 9.55 Å². The number of ether oxygens (including phenoxy) is 1. The minimum absolute atomic E-state index is 0.208. The third kappa shape index (κ3) is 0.968. The number of nitrogens with zero attached hydrogens (tertiary/aromatic N) is 2. The van der Waals surface area contributed by atoms with Gasteiger partial charge in [-0.25, -0.2) is 4.98 Å². The number of aryl methyl sites for hydroxylation is 1. The zero-order valence-electron chi connectivity index (χ0n) is 7.60. The van der Waals surface area contributed by atoms with E-state index in [4.69, 9.17) is 4.74 Å². The van der Waals surface area contributed by atoms with E-state index in [0.29, 0.717) is 6.61 Å². The summed E-state index contributed by atoms with van der Waals surface area (Å²) in [4.78, 5) is 4.22. The summed E-state index contributed by atoms with van der Waals surface area (Å²) in [6.45, 7) is 1.62. The van der Waals surface area contributed by atoms with Crippen LogP contribution in [0.2, 0.25) is 0 Å². The highest BCUT2D eigenvalue weighted by Gasteiger charge is 2.13. The van der Waals surface area contributed by atoms with Gasteiger partial charge in [-0.1, -0.05) is 0 Å². The van der Waals surface area contributed by atoms with Crippen LogP contribution < -0.4 is 4.74 Å². The molecule has 0 bridgehead atoms. The molecule has 0 spiro atoms. The molecule has 72 valence electrons. The van der Waals surface area contributed by atoms with E-state index in [1.165, 1.54) is 0 Å². The summed E-state index contributed by atoms with van der Waals surface area (Å²) in [7, 11) is 0. The van der Waals surface area contributed by atoms with Crippen LogP contribution in [0.15, 0.2) is 18.5 Å². The Bertz CT molecular complexity index is 490. The SMILES string of the molecule is Oc1cc2c3c(c1)ncn3CCCO2. The minimum atomic E-state index is 0.208. The van der Waals surface area contributed by atoms with Crippen molar-refractivity contribution in [2.24, 2.45) is 0 Å². The predicted octanol–water partition coefficient (Wildman–Crippen LogP) is 1.52. The lowest BCUT2D eigenvalue weighted by Gasteiger charge is -2.03. The van der Waals surface area contributed by atoms with Gasteiger partial charge in [-0.15, -0.1) is 0 Å². The molecule has 0 atom stereocenters. The molecule has 1 aliphatic heterocycles. The van der Waals surface area contributed by atoms with E-state index in [-0.39, 0.29) is 5.75 Å². The lowest BCUT2D eigenvalue weighted by atomic mass is 10.2. The van der Waals surface area contributed by atoms with Crippen LogP contribution >= 0.6 is 0 Å². The fraction of sp³-hybridized carbons (Fsp3) is 0.300. The Kier molecular flexibility index (Phi) is 1.45. The molecular formula is C10H10N2O2. The molecule has 4 heteroatoms. The molecule has 0 amide bonds. The number of hydrogen-bond acceptors (Lipinski definition) is 3.